The average Bonchev–Trinajstić information content (AvgIpc) is 3.02. The highest BCUT2D eigenvalue weighted by molar-refractivity contribution is 7.90. The maximum absolute atomic E-state index is 12.6. The predicted octanol–water partition coefficient (Wildman–Crippen LogP) is 0.268. The zero-order valence-electron chi connectivity index (χ0n) is 11.0. The Morgan fingerprint density at radius 1 is 1.33 bits per heavy atom. The number of carboxylic acid groups (broad SMARTS) is 1. The summed E-state index contributed by atoms with van der Waals surface area (Å²) >= 11 is 0. The summed E-state index contributed by atoms with van der Waals surface area (Å²) in [6.07, 6.45) is -4.71. The third kappa shape index (κ3) is 5.06. The van der Waals surface area contributed by atoms with E-state index in [2.05, 4.69) is 0 Å². The van der Waals surface area contributed by atoms with Crippen molar-refractivity contribution < 1.29 is 36.3 Å². The van der Waals surface area contributed by atoms with Crippen LogP contribution in [0.3, 0.4) is 0 Å². The Morgan fingerprint density at radius 3 is 2.19 bits per heavy atom. The van der Waals surface area contributed by atoms with Gasteiger partial charge in [0.15, 0.2) is 0 Å². The van der Waals surface area contributed by atoms with E-state index in [1.807, 2.05) is 5.32 Å². The van der Waals surface area contributed by atoms with Crippen LogP contribution in [0.1, 0.15) is 19.3 Å². The van der Waals surface area contributed by atoms with Gasteiger partial charge in [0.2, 0.25) is 0 Å². The summed E-state index contributed by atoms with van der Waals surface area (Å²) < 4.78 is 59.7. The molecule has 1 atom stereocenters. The van der Waals surface area contributed by atoms with Crippen LogP contribution in [0.5, 0.6) is 0 Å². The van der Waals surface area contributed by atoms with Crippen LogP contribution >= 0.6 is 0 Å². The minimum absolute atomic E-state index is 0.273. The summed E-state index contributed by atoms with van der Waals surface area (Å²) in [5, 5.41) is 12.4. The monoisotopic (exact) mass is 332 g/mol. The lowest BCUT2D eigenvalue weighted by Gasteiger charge is -2.22. The first-order valence-electron chi connectivity index (χ1n) is 5.92. The highest BCUT2D eigenvalue weighted by atomic mass is 32.2. The van der Waals surface area contributed by atoms with Crippen LogP contribution in [0.15, 0.2) is 0 Å². The molecule has 0 aliphatic heterocycles. The molecule has 0 aromatic rings. The smallest absolute Gasteiger partial charge is 0.411 e. The van der Waals surface area contributed by atoms with Crippen molar-refractivity contribution in [2.24, 2.45) is 0 Å². The van der Waals surface area contributed by atoms with Gasteiger partial charge in [-0.2, -0.15) is 13.2 Å². The average molecular weight is 332 g/mol. The second-order valence-electron chi connectivity index (χ2n) is 4.99. The van der Waals surface area contributed by atoms with Gasteiger partial charge in [0, 0.05) is 6.26 Å². The molecule has 1 aliphatic rings. The number of nitrogens with one attached hydrogen (secondary N) is 2. The lowest BCUT2D eigenvalue weighted by Crippen LogP contribution is -2.54. The molecule has 1 unspecified atom stereocenters. The highest BCUT2D eigenvalue weighted by Crippen LogP contribution is 2.48. The SMILES string of the molecule is CS(=O)(=O)CCC(NC(=O)NC1(C(F)(F)F)CC1)C(=O)O. The highest BCUT2D eigenvalue weighted by Gasteiger charge is 2.64. The van der Waals surface area contributed by atoms with Crippen molar-refractivity contribution in [1.82, 2.24) is 10.6 Å². The quantitative estimate of drug-likeness (QED) is 0.646. The Bertz CT molecular complexity index is 527. The van der Waals surface area contributed by atoms with Crippen molar-refractivity contribution in [3.8, 4) is 0 Å². The van der Waals surface area contributed by atoms with E-state index in [0.717, 1.165) is 6.26 Å². The first kappa shape index (κ1) is 17.5. The van der Waals surface area contributed by atoms with E-state index in [9.17, 15) is 31.2 Å². The Labute approximate surface area is 118 Å². The molecule has 122 valence electrons. The molecule has 7 nitrogen and oxygen atoms in total. The van der Waals surface area contributed by atoms with Crippen molar-refractivity contribution in [3.63, 3.8) is 0 Å². The molecule has 1 rings (SSSR count). The number of hydrogen-bond donors (Lipinski definition) is 3. The fourth-order valence-electron chi connectivity index (χ4n) is 1.61. The molecule has 1 saturated carbocycles. The van der Waals surface area contributed by atoms with Crippen molar-refractivity contribution in [2.75, 3.05) is 12.0 Å². The zero-order valence-corrected chi connectivity index (χ0v) is 11.8. The first-order chi connectivity index (χ1) is 9.36. The lowest BCUT2D eigenvalue weighted by atomic mass is 10.2. The molecule has 0 bridgehead atoms. The van der Waals surface area contributed by atoms with Gasteiger partial charge in [0.1, 0.15) is 21.4 Å². The summed E-state index contributed by atoms with van der Waals surface area (Å²) in [6.45, 7) is 0. The molecular weight excluding hydrogens is 317 g/mol. The predicted molar refractivity (Wildman–Crippen MR) is 65.4 cm³/mol. The Kier molecular flexibility index (Phi) is 4.76. The second kappa shape index (κ2) is 5.70. The topological polar surface area (TPSA) is 113 Å². The van der Waals surface area contributed by atoms with Crippen molar-refractivity contribution in [3.05, 3.63) is 0 Å². The minimum atomic E-state index is -4.62. The van der Waals surface area contributed by atoms with Gasteiger partial charge in [-0.25, -0.2) is 18.0 Å². The number of carbonyl (C=O) groups is 2. The molecule has 21 heavy (non-hydrogen) atoms. The van der Waals surface area contributed by atoms with E-state index < -0.39 is 51.8 Å². The van der Waals surface area contributed by atoms with Crippen LogP contribution in [0.4, 0.5) is 18.0 Å². The van der Waals surface area contributed by atoms with E-state index in [1.54, 1.807) is 5.32 Å². The standard InChI is InChI=1S/C10H15F3N2O5S/c1-21(19,20)5-2-6(7(16)17)14-8(18)15-9(3-4-9)10(11,12)13/h6H,2-5H2,1H3,(H,16,17)(H2,14,15,18). The zero-order chi connectivity index (χ0) is 16.5. The van der Waals surface area contributed by atoms with Crippen LogP contribution in [-0.4, -0.2) is 55.3 Å². The van der Waals surface area contributed by atoms with Gasteiger partial charge in [-0.05, 0) is 19.3 Å². The normalized spacial score (nSPS) is 18.7. The summed E-state index contributed by atoms with van der Waals surface area (Å²) in [4.78, 5) is 22.3. The molecule has 3 N–H and O–H groups in total. The summed E-state index contributed by atoms with van der Waals surface area (Å²) in [7, 11) is -3.45. The number of aliphatic carboxylic acids is 1. The fourth-order valence-corrected chi connectivity index (χ4v) is 2.27. The number of amides is 2. The Balaban J connectivity index is 2.60. The van der Waals surface area contributed by atoms with E-state index in [1.165, 1.54) is 0 Å². The number of carbonyl (C=O) groups excluding carboxylic acids is 1. The summed E-state index contributed by atoms with van der Waals surface area (Å²) in [5.74, 6) is -2.03. The molecule has 0 radical (unpaired) electrons. The van der Waals surface area contributed by atoms with Crippen LogP contribution in [0, 0.1) is 0 Å². The van der Waals surface area contributed by atoms with Crippen LogP contribution in [0.25, 0.3) is 0 Å². The summed E-state index contributed by atoms with van der Waals surface area (Å²) in [6, 6.07) is -2.87. The third-order valence-electron chi connectivity index (χ3n) is 3.03. The maximum Gasteiger partial charge on any atom is 0.411 e. The first-order valence-corrected chi connectivity index (χ1v) is 7.98. The maximum atomic E-state index is 12.6. The van der Waals surface area contributed by atoms with Crippen LogP contribution < -0.4 is 10.6 Å². The Hall–Kier alpha value is -1.52. The number of hydrogen-bond acceptors (Lipinski definition) is 4. The molecule has 0 aromatic heterocycles. The molecule has 11 heteroatoms. The van der Waals surface area contributed by atoms with E-state index in [4.69, 9.17) is 5.11 Å². The molecular formula is C10H15F3N2O5S. The van der Waals surface area contributed by atoms with Crippen molar-refractivity contribution in [2.45, 2.75) is 37.0 Å². The summed E-state index contributed by atoms with van der Waals surface area (Å²) in [5.41, 5.74) is -2.31. The van der Waals surface area contributed by atoms with E-state index in [-0.39, 0.29) is 12.8 Å². The number of alkyl halides is 3. The molecule has 0 spiro atoms. The van der Waals surface area contributed by atoms with Crippen LogP contribution in [-0.2, 0) is 14.6 Å². The fraction of sp³-hybridized carbons (Fsp3) is 0.800. The van der Waals surface area contributed by atoms with E-state index in [0.29, 0.717) is 0 Å². The van der Waals surface area contributed by atoms with Crippen molar-refractivity contribution in [1.29, 1.82) is 0 Å². The van der Waals surface area contributed by atoms with Gasteiger partial charge in [0.25, 0.3) is 0 Å². The van der Waals surface area contributed by atoms with Gasteiger partial charge >= 0.3 is 18.2 Å². The molecule has 1 fully saturated rings. The third-order valence-corrected chi connectivity index (χ3v) is 4.00. The lowest BCUT2D eigenvalue weighted by molar-refractivity contribution is -0.162. The minimum Gasteiger partial charge on any atom is -0.480 e. The largest absolute Gasteiger partial charge is 0.480 e. The van der Waals surface area contributed by atoms with Gasteiger partial charge in [-0.1, -0.05) is 0 Å². The van der Waals surface area contributed by atoms with Crippen molar-refractivity contribution >= 4 is 21.8 Å². The van der Waals surface area contributed by atoms with E-state index >= 15 is 0 Å². The van der Waals surface area contributed by atoms with Gasteiger partial charge in [-0.3, -0.25) is 0 Å². The van der Waals surface area contributed by atoms with Crippen LogP contribution in [0.2, 0.25) is 0 Å². The molecule has 0 saturated heterocycles. The van der Waals surface area contributed by atoms with Gasteiger partial charge in [-0.15, -0.1) is 0 Å². The van der Waals surface area contributed by atoms with Gasteiger partial charge < -0.3 is 15.7 Å². The number of rotatable bonds is 6. The number of urea groups is 1. The molecule has 0 aromatic carbocycles. The second-order valence-corrected chi connectivity index (χ2v) is 7.25. The number of halogens is 3. The van der Waals surface area contributed by atoms with Gasteiger partial charge in [0.05, 0.1) is 5.75 Å². The molecule has 2 amide bonds. The molecule has 0 heterocycles. The number of carboxylic acids is 1. The number of sulfone groups is 1. The Morgan fingerprint density at radius 2 is 1.86 bits per heavy atom. The molecule has 1 aliphatic carbocycles.